The summed E-state index contributed by atoms with van der Waals surface area (Å²) in [5.41, 5.74) is 3.80. The maximum atomic E-state index is 12.0. The summed E-state index contributed by atoms with van der Waals surface area (Å²) in [6.07, 6.45) is 0. The van der Waals surface area contributed by atoms with Crippen molar-refractivity contribution in [2.75, 3.05) is 14.1 Å². The van der Waals surface area contributed by atoms with Crippen LogP contribution in [0.2, 0.25) is 0 Å². The van der Waals surface area contributed by atoms with Crippen molar-refractivity contribution in [2.24, 2.45) is 0 Å². The van der Waals surface area contributed by atoms with Crippen LogP contribution in [0.5, 0.6) is 0 Å². The van der Waals surface area contributed by atoms with Gasteiger partial charge in [-0.25, -0.2) is 0 Å². The zero-order valence-electron chi connectivity index (χ0n) is 19.3. The van der Waals surface area contributed by atoms with Crippen LogP contribution >= 0.6 is 0 Å². The van der Waals surface area contributed by atoms with E-state index in [4.69, 9.17) is 0 Å². The summed E-state index contributed by atoms with van der Waals surface area (Å²) in [5, 5.41) is 24.1. The maximum absolute atomic E-state index is 12.0. The van der Waals surface area contributed by atoms with Crippen molar-refractivity contribution in [1.82, 2.24) is 9.80 Å². The summed E-state index contributed by atoms with van der Waals surface area (Å²) in [6.45, 7) is 3.42. The van der Waals surface area contributed by atoms with Gasteiger partial charge in [-0.2, -0.15) is 0 Å². The predicted molar refractivity (Wildman–Crippen MR) is 135 cm³/mol. The van der Waals surface area contributed by atoms with Gasteiger partial charge in [0.05, 0.1) is 0 Å². The van der Waals surface area contributed by atoms with Crippen LogP contribution in [-0.4, -0.2) is 47.0 Å². The van der Waals surface area contributed by atoms with Crippen LogP contribution in [-0.2, 0) is 24.4 Å². The molecule has 0 atom stereocenters. The van der Waals surface area contributed by atoms with E-state index in [0.717, 1.165) is 21.9 Å². The van der Waals surface area contributed by atoms with E-state index in [9.17, 15) is 14.8 Å². The second-order valence-corrected chi connectivity index (χ2v) is 8.67. The molecule has 0 aromatic heterocycles. The standard InChI is InChI=1S/C27H29BN2O3/c1-19(31)30(3)18-26-23-13-7-5-11-21(23)25(22-12-6-8-14-24(22)26)17-29(2)16-20-10-4-9-15-27(20)28(32)33/h4-15,32-33H,16-18H2,1-3H3. The van der Waals surface area contributed by atoms with Gasteiger partial charge >= 0.3 is 7.12 Å². The van der Waals surface area contributed by atoms with E-state index in [1.54, 1.807) is 17.9 Å². The minimum atomic E-state index is -1.49. The van der Waals surface area contributed by atoms with Gasteiger partial charge in [0.15, 0.2) is 0 Å². The van der Waals surface area contributed by atoms with E-state index in [2.05, 4.69) is 41.3 Å². The van der Waals surface area contributed by atoms with E-state index < -0.39 is 7.12 Å². The maximum Gasteiger partial charge on any atom is 0.488 e. The van der Waals surface area contributed by atoms with Crippen LogP contribution < -0.4 is 5.46 Å². The molecule has 4 aromatic rings. The molecule has 1 amide bonds. The van der Waals surface area contributed by atoms with Crippen molar-refractivity contribution in [3.05, 3.63) is 89.5 Å². The molecule has 0 radical (unpaired) electrons. The first-order valence-electron chi connectivity index (χ1n) is 11.1. The summed E-state index contributed by atoms with van der Waals surface area (Å²) in [5.74, 6) is 0.0386. The molecule has 168 valence electrons. The van der Waals surface area contributed by atoms with Crippen molar-refractivity contribution >= 4 is 40.0 Å². The summed E-state index contributed by atoms with van der Waals surface area (Å²) < 4.78 is 0. The first kappa shape index (κ1) is 23.0. The lowest BCUT2D eigenvalue weighted by Crippen LogP contribution is -2.35. The fourth-order valence-corrected chi connectivity index (χ4v) is 4.54. The normalized spacial score (nSPS) is 11.3. The van der Waals surface area contributed by atoms with E-state index in [-0.39, 0.29) is 5.91 Å². The highest BCUT2D eigenvalue weighted by Gasteiger charge is 2.19. The summed E-state index contributed by atoms with van der Waals surface area (Å²) in [4.78, 5) is 15.9. The molecule has 0 aliphatic carbocycles. The molecular formula is C27H29BN2O3. The minimum absolute atomic E-state index is 0.0386. The Hall–Kier alpha value is -3.19. The number of amides is 1. The van der Waals surface area contributed by atoms with Gasteiger partial charge in [-0.15, -0.1) is 0 Å². The van der Waals surface area contributed by atoms with Crippen LogP contribution in [0.4, 0.5) is 0 Å². The van der Waals surface area contributed by atoms with Crippen LogP contribution in [0.15, 0.2) is 72.8 Å². The van der Waals surface area contributed by atoms with Crippen molar-refractivity contribution < 1.29 is 14.8 Å². The lowest BCUT2D eigenvalue weighted by Gasteiger charge is -2.24. The van der Waals surface area contributed by atoms with Gasteiger partial charge < -0.3 is 14.9 Å². The summed E-state index contributed by atoms with van der Waals surface area (Å²) >= 11 is 0. The summed E-state index contributed by atoms with van der Waals surface area (Å²) in [7, 11) is 2.39. The zero-order valence-corrected chi connectivity index (χ0v) is 19.3. The number of benzene rings is 4. The molecule has 5 nitrogen and oxygen atoms in total. The average Bonchev–Trinajstić information content (AvgIpc) is 2.81. The monoisotopic (exact) mass is 440 g/mol. The number of hydrogen-bond acceptors (Lipinski definition) is 4. The van der Waals surface area contributed by atoms with Crippen LogP contribution in [0.3, 0.4) is 0 Å². The molecule has 0 aliphatic heterocycles. The second-order valence-electron chi connectivity index (χ2n) is 8.67. The molecule has 0 heterocycles. The second kappa shape index (κ2) is 9.75. The Kier molecular flexibility index (Phi) is 6.79. The van der Waals surface area contributed by atoms with E-state index in [0.29, 0.717) is 25.1 Å². The molecule has 6 heteroatoms. The zero-order chi connectivity index (χ0) is 23.5. The van der Waals surface area contributed by atoms with E-state index in [1.807, 2.05) is 44.4 Å². The molecule has 33 heavy (non-hydrogen) atoms. The molecule has 2 N–H and O–H groups in total. The van der Waals surface area contributed by atoms with Gasteiger partial charge in [0.25, 0.3) is 0 Å². The Morgan fingerprint density at radius 1 is 0.727 bits per heavy atom. The third kappa shape index (κ3) is 4.78. The Balaban J connectivity index is 1.79. The highest BCUT2D eigenvalue weighted by atomic mass is 16.4. The molecule has 0 fully saturated rings. The molecule has 0 unspecified atom stereocenters. The fraction of sp³-hybridized carbons (Fsp3) is 0.222. The third-order valence-electron chi connectivity index (χ3n) is 6.29. The van der Waals surface area contributed by atoms with Crippen molar-refractivity contribution in [1.29, 1.82) is 0 Å². The molecule has 0 aliphatic rings. The molecule has 0 spiro atoms. The highest BCUT2D eigenvalue weighted by Crippen LogP contribution is 2.34. The number of fused-ring (bicyclic) bond motifs is 2. The lowest BCUT2D eigenvalue weighted by atomic mass is 9.77. The predicted octanol–water partition coefficient (Wildman–Crippen LogP) is 3.28. The number of rotatable bonds is 7. The van der Waals surface area contributed by atoms with Crippen LogP contribution in [0.1, 0.15) is 23.6 Å². The SMILES string of the molecule is CC(=O)N(C)Cc1c2ccccc2c(CN(C)Cc2ccccc2B(O)O)c2ccccc12. The Morgan fingerprint density at radius 3 is 1.67 bits per heavy atom. The summed E-state index contributed by atoms with van der Waals surface area (Å²) in [6, 6.07) is 24.2. The molecule has 0 saturated carbocycles. The van der Waals surface area contributed by atoms with E-state index >= 15 is 0 Å². The van der Waals surface area contributed by atoms with Crippen LogP contribution in [0.25, 0.3) is 21.5 Å². The van der Waals surface area contributed by atoms with Gasteiger partial charge in [0.2, 0.25) is 5.91 Å². The number of carbonyl (C=O) groups excluding carboxylic acids is 1. The topological polar surface area (TPSA) is 64.0 Å². The highest BCUT2D eigenvalue weighted by molar-refractivity contribution is 6.59. The molecule has 0 saturated heterocycles. The third-order valence-corrected chi connectivity index (χ3v) is 6.29. The quantitative estimate of drug-likeness (QED) is 0.342. The number of nitrogens with zero attached hydrogens (tertiary/aromatic N) is 2. The number of hydrogen-bond donors (Lipinski definition) is 2. The largest absolute Gasteiger partial charge is 0.488 e. The molecule has 4 rings (SSSR count). The minimum Gasteiger partial charge on any atom is -0.423 e. The van der Waals surface area contributed by atoms with Gasteiger partial charge in [0.1, 0.15) is 0 Å². The Bertz CT molecular complexity index is 1250. The smallest absolute Gasteiger partial charge is 0.423 e. The van der Waals surface area contributed by atoms with Crippen molar-refractivity contribution in [3.8, 4) is 0 Å². The van der Waals surface area contributed by atoms with Gasteiger partial charge in [0, 0.05) is 33.6 Å². The molecule has 0 bridgehead atoms. The molecular weight excluding hydrogens is 411 g/mol. The van der Waals surface area contributed by atoms with Crippen LogP contribution in [0, 0.1) is 0 Å². The van der Waals surface area contributed by atoms with Crippen molar-refractivity contribution in [2.45, 2.75) is 26.6 Å². The molecule has 4 aromatic carbocycles. The van der Waals surface area contributed by atoms with Crippen molar-refractivity contribution in [3.63, 3.8) is 0 Å². The fourth-order valence-electron chi connectivity index (χ4n) is 4.54. The van der Waals surface area contributed by atoms with Gasteiger partial charge in [-0.1, -0.05) is 72.8 Å². The van der Waals surface area contributed by atoms with Gasteiger partial charge in [-0.05, 0) is 50.7 Å². The lowest BCUT2D eigenvalue weighted by molar-refractivity contribution is -0.128. The first-order chi connectivity index (χ1) is 15.9. The Morgan fingerprint density at radius 2 is 1.18 bits per heavy atom. The van der Waals surface area contributed by atoms with E-state index in [1.165, 1.54) is 16.3 Å². The average molecular weight is 440 g/mol. The number of carbonyl (C=O) groups is 1. The Labute approximate surface area is 195 Å². The van der Waals surface area contributed by atoms with Gasteiger partial charge in [-0.3, -0.25) is 9.69 Å². The first-order valence-corrected chi connectivity index (χ1v) is 11.1.